The molecule has 3 aromatic rings. The summed E-state index contributed by atoms with van der Waals surface area (Å²) in [6.07, 6.45) is 1.81. The fourth-order valence-electron chi connectivity index (χ4n) is 5.01. The number of nitro benzene ring substituents is 1. The Balaban J connectivity index is 1.74. The maximum atomic E-state index is 13.7. The van der Waals surface area contributed by atoms with Crippen LogP contribution in [0.1, 0.15) is 80.5 Å². The van der Waals surface area contributed by atoms with Crippen molar-refractivity contribution >= 4 is 68.0 Å². The molecule has 1 saturated heterocycles. The highest BCUT2D eigenvalue weighted by Gasteiger charge is 2.47. The van der Waals surface area contributed by atoms with Crippen molar-refractivity contribution in [1.82, 2.24) is 19.5 Å². The molecule has 1 fully saturated rings. The molecule has 0 saturated carbocycles. The molecule has 1 aromatic carbocycles. The molecule has 4 rings (SSSR count). The molecule has 3 atom stereocenters. The maximum Gasteiger partial charge on any atom is 0.416 e. The smallest absolute Gasteiger partial charge is 0.416 e. The van der Waals surface area contributed by atoms with Gasteiger partial charge in [0.2, 0.25) is 0 Å². The van der Waals surface area contributed by atoms with Crippen molar-refractivity contribution in [3.05, 3.63) is 50.1 Å². The van der Waals surface area contributed by atoms with Crippen LogP contribution in [-0.2, 0) is 24.9 Å². The van der Waals surface area contributed by atoms with Gasteiger partial charge in [-0.05, 0) is 91.8 Å². The van der Waals surface area contributed by atoms with Gasteiger partial charge in [-0.3, -0.25) is 19.6 Å². The van der Waals surface area contributed by atoms with Gasteiger partial charge in [0, 0.05) is 21.6 Å². The Bertz CT molecular complexity index is 1710. The Labute approximate surface area is 311 Å². The molecule has 16 heteroatoms. The summed E-state index contributed by atoms with van der Waals surface area (Å²) in [4.78, 5) is 40.3. The fourth-order valence-corrected chi connectivity index (χ4v) is 7.86. The lowest BCUT2D eigenvalue weighted by Gasteiger charge is -2.40. The van der Waals surface area contributed by atoms with E-state index >= 15 is 0 Å². The van der Waals surface area contributed by atoms with E-state index in [1.165, 1.54) is 17.3 Å². The van der Waals surface area contributed by atoms with Crippen LogP contribution in [0.4, 0.5) is 16.3 Å². The number of halogens is 1. The normalized spacial score (nSPS) is 19.2. The monoisotopic (exact) mass is 840 g/mol. The second kappa shape index (κ2) is 14.5. The van der Waals surface area contributed by atoms with Gasteiger partial charge in [0.1, 0.15) is 24.3 Å². The fraction of sp³-hybridized carbons (Fsp3) is 0.647. The molecule has 0 bridgehead atoms. The molecule has 1 aliphatic heterocycles. The summed E-state index contributed by atoms with van der Waals surface area (Å²) in [5, 5.41) is 12.0. The number of carbonyl (C=O) groups excluding carboxylic acids is 1. The van der Waals surface area contributed by atoms with Gasteiger partial charge in [0.25, 0.3) is 5.69 Å². The first-order valence-corrected chi connectivity index (χ1v) is 23.8. The summed E-state index contributed by atoms with van der Waals surface area (Å²) in [7, 11) is -4.26. The molecule has 13 nitrogen and oxygen atoms in total. The van der Waals surface area contributed by atoms with Crippen LogP contribution in [0.5, 0.6) is 0 Å². The minimum absolute atomic E-state index is 0.00300. The Hall–Kier alpha value is -2.52. The van der Waals surface area contributed by atoms with Gasteiger partial charge in [0.15, 0.2) is 33.6 Å². The molecule has 1 aliphatic rings. The molecule has 1 amide bonds. The Morgan fingerprint density at radius 3 is 2.26 bits per heavy atom. The van der Waals surface area contributed by atoms with Crippen molar-refractivity contribution in [3.63, 3.8) is 0 Å². The molecule has 0 radical (unpaired) electrons. The quantitative estimate of drug-likeness (QED) is 0.0840. The van der Waals surface area contributed by atoms with Gasteiger partial charge in [-0.1, -0.05) is 41.5 Å². The molecular weight excluding hydrogens is 787 g/mol. The summed E-state index contributed by atoms with van der Waals surface area (Å²) in [5.74, 6) is 0.167. The SMILES string of the molecule is CC(C)(C)OC(=O)N(Cc1ccc(I)cc1[N+](=O)[O-])c1ncnc2c1ncn2[C@H]1C[C@H](O[Si](C)(C)C(C)(C)C)[C@@H](CO[Si](C)(C)C(C)(C)C)O1. The van der Waals surface area contributed by atoms with Crippen LogP contribution in [0.15, 0.2) is 30.9 Å². The largest absolute Gasteiger partial charge is 0.443 e. The summed E-state index contributed by atoms with van der Waals surface area (Å²) in [6, 6.07) is 4.86. The number of carbonyl (C=O) groups is 1. The van der Waals surface area contributed by atoms with Crippen LogP contribution in [-0.4, -0.2) is 71.6 Å². The zero-order valence-corrected chi connectivity index (χ0v) is 35.8. The van der Waals surface area contributed by atoms with Crippen LogP contribution in [0.3, 0.4) is 0 Å². The number of nitro groups is 1. The first-order chi connectivity index (χ1) is 22.8. The zero-order chi connectivity index (χ0) is 37.6. The Morgan fingerprint density at radius 1 is 1.04 bits per heavy atom. The number of rotatable bonds is 10. The number of benzene rings is 1. The number of imidazole rings is 1. The molecule has 3 heterocycles. The molecule has 0 aliphatic carbocycles. The summed E-state index contributed by atoms with van der Waals surface area (Å²) >= 11 is 2.02. The number of anilines is 1. The van der Waals surface area contributed by atoms with Crippen molar-refractivity contribution in [2.45, 2.75) is 136 Å². The zero-order valence-electron chi connectivity index (χ0n) is 31.7. The van der Waals surface area contributed by atoms with E-state index in [-0.39, 0.29) is 40.3 Å². The highest BCUT2D eigenvalue weighted by Crippen LogP contribution is 2.43. The van der Waals surface area contributed by atoms with Crippen LogP contribution in [0, 0.1) is 13.7 Å². The van der Waals surface area contributed by atoms with E-state index < -0.39 is 39.5 Å². The number of hydrogen-bond donors (Lipinski definition) is 0. The molecule has 0 N–H and O–H groups in total. The third-order valence-corrected chi connectivity index (χ3v) is 19.6. The third-order valence-electron chi connectivity index (χ3n) is 9.94. The standard InChI is InChI=1S/C34H53IN6O7Si2/c1-32(2,3)47-31(42)39(18-22-14-15-23(35)16-24(22)41(43)44)29-28-30(37-20-36-29)40(21-38-28)27-17-25(48-50(12,13)34(7,8)9)26(46-27)19-45-49(10,11)33(4,5)6/h14-16,20-21,25-27H,17-19H2,1-13H3/t25-,26+,27+/m0/s1. The molecular formula is C34H53IN6O7Si2. The highest BCUT2D eigenvalue weighted by molar-refractivity contribution is 14.1. The van der Waals surface area contributed by atoms with Crippen LogP contribution in [0.25, 0.3) is 11.2 Å². The van der Waals surface area contributed by atoms with E-state index in [4.69, 9.17) is 18.3 Å². The number of fused-ring (bicyclic) bond motifs is 1. The first kappa shape index (κ1) is 40.3. The average Bonchev–Trinajstić information content (AvgIpc) is 3.57. The van der Waals surface area contributed by atoms with E-state index in [2.05, 4.69) is 82.7 Å². The lowest BCUT2D eigenvalue weighted by Crippen LogP contribution is -2.48. The first-order valence-electron chi connectivity index (χ1n) is 16.9. The molecule has 276 valence electrons. The Morgan fingerprint density at radius 2 is 1.68 bits per heavy atom. The summed E-state index contributed by atoms with van der Waals surface area (Å²) in [5.41, 5.74) is 0.152. The van der Waals surface area contributed by atoms with Crippen molar-refractivity contribution < 1.29 is 28.0 Å². The number of amides is 1. The van der Waals surface area contributed by atoms with Crippen LogP contribution < -0.4 is 4.90 Å². The molecule has 2 aromatic heterocycles. The van der Waals surface area contributed by atoms with Crippen LogP contribution >= 0.6 is 22.6 Å². The van der Waals surface area contributed by atoms with E-state index in [1.54, 1.807) is 39.2 Å². The summed E-state index contributed by atoms with van der Waals surface area (Å²) < 4.78 is 28.7. The predicted octanol–water partition coefficient (Wildman–Crippen LogP) is 8.98. The van der Waals surface area contributed by atoms with Crippen molar-refractivity contribution in [2.75, 3.05) is 11.5 Å². The van der Waals surface area contributed by atoms with Crippen LogP contribution in [0.2, 0.25) is 36.3 Å². The number of aromatic nitrogens is 4. The van der Waals surface area contributed by atoms with Gasteiger partial charge in [0.05, 0.1) is 30.5 Å². The van der Waals surface area contributed by atoms with E-state index in [0.29, 0.717) is 33.3 Å². The second-order valence-corrected chi connectivity index (χ2v) is 27.8. The molecule has 0 spiro atoms. The van der Waals surface area contributed by atoms with Gasteiger partial charge in [-0.25, -0.2) is 19.7 Å². The van der Waals surface area contributed by atoms with E-state index in [0.717, 1.165) is 0 Å². The van der Waals surface area contributed by atoms with Crippen molar-refractivity contribution in [1.29, 1.82) is 0 Å². The van der Waals surface area contributed by atoms with E-state index in [9.17, 15) is 14.9 Å². The van der Waals surface area contributed by atoms with E-state index in [1.807, 2.05) is 27.2 Å². The van der Waals surface area contributed by atoms with Gasteiger partial charge in [-0.2, -0.15) is 0 Å². The Kier molecular flexibility index (Phi) is 11.7. The maximum absolute atomic E-state index is 13.7. The highest BCUT2D eigenvalue weighted by atomic mass is 127. The lowest BCUT2D eigenvalue weighted by atomic mass is 10.1. The number of hydrogen-bond acceptors (Lipinski definition) is 10. The lowest BCUT2D eigenvalue weighted by molar-refractivity contribution is -0.385. The average molecular weight is 841 g/mol. The van der Waals surface area contributed by atoms with Crippen molar-refractivity contribution in [3.8, 4) is 0 Å². The topological polar surface area (TPSA) is 144 Å². The number of ether oxygens (including phenoxy) is 2. The minimum atomic E-state index is -2.18. The van der Waals surface area contributed by atoms with Gasteiger partial charge >= 0.3 is 6.09 Å². The third kappa shape index (κ3) is 9.09. The molecule has 0 unspecified atom stereocenters. The second-order valence-electron chi connectivity index (χ2n) is 17.0. The van der Waals surface area contributed by atoms with Gasteiger partial charge in [-0.15, -0.1) is 0 Å². The summed E-state index contributed by atoms with van der Waals surface area (Å²) in [6.45, 7) is 27.7. The van der Waals surface area contributed by atoms with Crippen molar-refractivity contribution in [2.24, 2.45) is 0 Å². The predicted molar refractivity (Wildman–Crippen MR) is 207 cm³/mol. The molecule has 50 heavy (non-hydrogen) atoms. The minimum Gasteiger partial charge on any atom is -0.443 e. The number of nitrogens with zero attached hydrogens (tertiary/aromatic N) is 6. The van der Waals surface area contributed by atoms with Gasteiger partial charge < -0.3 is 18.3 Å².